The average molecular weight is 233 g/mol. The Balaban J connectivity index is 2.02. The highest BCUT2D eigenvalue weighted by molar-refractivity contribution is 5.16. The first kappa shape index (κ1) is 12.4. The lowest BCUT2D eigenvalue weighted by Gasteiger charge is -2.19. The quantitative estimate of drug-likeness (QED) is 0.792. The van der Waals surface area contributed by atoms with Crippen molar-refractivity contribution in [1.29, 1.82) is 0 Å². The van der Waals surface area contributed by atoms with Crippen LogP contribution in [-0.2, 0) is 6.54 Å². The lowest BCUT2D eigenvalue weighted by molar-refractivity contribution is 0.557. The molecule has 0 spiro atoms. The molecule has 1 aromatic heterocycles. The zero-order chi connectivity index (χ0) is 12.1. The second kappa shape index (κ2) is 6.01. The first-order valence-corrected chi connectivity index (χ1v) is 6.71. The Morgan fingerprint density at radius 2 is 2.35 bits per heavy atom. The molecule has 2 rings (SSSR count). The van der Waals surface area contributed by atoms with Crippen molar-refractivity contribution in [3.05, 3.63) is 29.6 Å². The Bertz CT molecular complexity index is 379. The molecule has 1 aliphatic carbocycles. The van der Waals surface area contributed by atoms with E-state index in [4.69, 9.17) is 0 Å². The van der Waals surface area contributed by atoms with Gasteiger partial charge in [-0.2, -0.15) is 5.10 Å². The van der Waals surface area contributed by atoms with Gasteiger partial charge in [-0.25, -0.2) is 0 Å². The monoisotopic (exact) mass is 233 g/mol. The number of allylic oxidation sites excluding steroid dienone is 1. The molecule has 0 aromatic carbocycles. The second-order valence-corrected chi connectivity index (χ2v) is 4.78. The van der Waals surface area contributed by atoms with E-state index in [9.17, 15) is 0 Å². The standard InChI is InChI=1S/C14H23N3/c1-3-17-11-13(10-16-17)14(15-2)9-12-7-5-4-6-8-12/h7,10-11,14-15H,3-6,8-9H2,1-2H3. The summed E-state index contributed by atoms with van der Waals surface area (Å²) in [5.74, 6) is 0. The van der Waals surface area contributed by atoms with E-state index >= 15 is 0 Å². The highest BCUT2D eigenvalue weighted by Gasteiger charge is 2.14. The van der Waals surface area contributed by atoms with Crippen LogP contribution in [0.2, 0.25) is 0 Å². The van der Waals surface area contributed by atoms with Gasteiger partial charge < -0.3 is 5.32 Å². The summed E-state index contributed by atoms with van der Waals surface area (Å²) in [6.45, 7) is 3.06. The van der Waals surface area contributed by atoms with Crippen LogP contribution in [0.5, 0.6) is 0 Å². The van der Waals surface area contributed by atoms with Crippen LogP contribution in [0.3, 0.4) is 0 Å². The van der Waals surface area contributed by atoms with Crippen LogP contribution in [0, 0.1) is 0 Å². The number of hydrogen-bond donors (Lipinski definition) is 1. The van der Waals surface area contributed by atoms with E-state index in [1.807, 2.05) is 17.9 Å². The summed E-state index contributed by atoms with van der Waals surface area (Å²) in [6.07, 6.45) is 13.0. The molecular formula is C14H23N3. The summed E-state index contributed by atoms with van der Waals surface area (Å²) in [7, 11) is 2.04. The normalized spacial score (nSPS) is 17.9. The lowest BCUT2D eigenvalue weighted by atomic mass is 9.92. The molecule has 1 unspecified atom stereocenters. The van der Waals surface area contributed by atoms with Crippen LogP contribution in [-0.4, -0.2) is 16.8 Å². The predicted octanol–water partition coefficient (Wildman–Crippen LogP) is 3.05. The molecule has 1 atom stereocenters. The van der Waals surface area contributed by atoms with Gasteiger partial charge in [-0.15, -0.1) is 0 Å². The number of aromatic nitrogens is 2. The largest absolute Gasteiger partial charge is 0.313 e. The predicted molar refractivity (Wildman–Crippen MR) is 70.9 cm³/mol. The second-order valence-electron chi connectivity index (χ2n) is 4.78. The van der Waals surface area contributed by atoms with Crippen molar-refractivity contribution in [3.8, 4) is 0 Å². The number of rotatable bonds is 5. The van der Waals surface area contributed by atoms with E-state index in [2.05, 4.69) is 29.6 Å². The van der Waals surface area contributed by atoms with Crippen molar-refractivity contribution >= 4 is 0 Å². The molecular weight excluding hydrogens is 210 g/mol. The number of aryl methyl sites for hydroxylation is 1. The molecule has 1 aromatic rings. The Labute approximate surface area is 104 Å². The molecule has 3 nitrogen and oxygen atoms in total. The molecule has 94 valence electrons. The lowest BCUT2D eigenvalue weighted by Crippen LogP contribution is -2.17. The van der Waals surface area contributed by atoms with Crippen molar-refractivity contribution in [1.82, 2.24) is 15.1 Å². The van der Waals surface area contributed by atoms with Crippen molar-refractivity contribution in [2.45, 2.75) is 51.6 Å². The zero-order valence-corrected chi connectivity index (χ0v) is 10.9. The fraction of sp³-hybridized carbons (Fsp3) is 0.643. The fourth-order valence-corrected chi connectivity index (χ4v) is 2.47. The van der Waals surface area contributed by atoms with Gasteiger partial charge in [0.25, 0.3) is 0 Å². The molecule has 1 aliphatic rings. The van der Waals surface area contributed by atoms with Gasteiger partial charge in [-0.3, -0.25) is 4.68 Å². The summed E-state index contributed by atoms with van der Waals surface area (Å²) in [6, 6.07) is 0.416. The highest BCUT2D eigenvalue weighted by atomic mass is 15.3. The van der Waals surface area contributed by atoms with E-state index in [1.54, 1.807) is 5.57 Å². The maximum atomic E-state index is 4.35. The minimum atomic E-state index is 0.416. The Morgan fingerprint density at radius 3 is 2.94 bits per heavy atom. The molecule has 3 heteroatoms. The van der Waals surface area contributed by atoms with Crippen LogP contribution >= 0.6 is 0 Å². The number of nitrogens with zero attached hydrogens (tertiary/aromatic N) is 2. The van der Waals surface area contributed by atoms with Crippen LogP contribution in [0.4, 0.5) is 0 Å². The Morgan fingerprint density at radius 1 is 1.47 bits per heavy atom. The summed E-state index contributed by atoms with van der Waals surface area (Å²) in [5, 5.41) is 7.76. The average Bonchev–Trinajstić information content (AvgIpc) is 2.86. The topological polar surface area (TPSA) is 29.9 Å². The number of nitrogens with one attached hydrogen (secondary N) is 1. The summed E-state index contributed by atoms with van der Waals surface area (Å²) in [4.78, 5) is 0. The van der Waals surface area contributed by atoms with Crippen molar-refractivity contribution in [3.63, 3.8) is 0 Å². The summed E-state index contributed by atoms with van der Waals surface area (Å²) < 4.78 is 1.99. The van der Waals surface area contributed by atoms with Gasteiger partial charge in [0.05, 0.1) is 6.20 Å². The smallest absolute Gasteiger partial charge is 0.0537 e. The molecule has 0 saturated heterocycles. The Hall–Kier alpha value is -1.09. The third-order valence-corrected chi connectivity index (χ3v) is 3.58. The third-order valence-electron chi connectivity index (χ3n) is 3.58. The minimum absolute atomic E-state index is 0.416. The van der Waals surface area contributed by atoms with E-state index in [0.29, 0.717) is 6.04 Å². The fourth-order valence-electron chi connectivity index (χ4n) is 2.47. The van der Waals surface area contributed by atoms with Crippen LogP contribution < -0.4 is 5.32 Å². The minimum Gasteiger partial charge on any atom is -0.313 e. The molecule has 0 saturated carbocycles. The van der Waals surface area contributed by atoms with E-state index in [-0.39, 0.29) is 0 Å². The van der Waals surface area contributed by atoms with Crippen molar-refractivity contribution in [2.24, 2.45) is 0 Å². The van der Waals surface area contributed by atoms with Crippen LogP contribution in [0.25, 0.3) is 0 Å². The highest BCUT2D eigenvalue weighted by Crippen LogP contribution is 2.27. The molecule has 0 radical (unpaired) electrons. The van der Waals surface area contributed by atoms with Gasteiger partial charge in [0.2, 0.25) is 0 Å². The maximum absolute atomic E-state index is 4.35. The first-order valence-electron chi connectivity index (χ1n) is 6.71. The molecule has 0 aliphatic heterocycles. The van der Waals surface area contributed by atoms with Gasteiger partial charge >= 0.3 is 0 Å². The van der Waals surface area contributed by atoms with Gasteiger partial charge in [0.1, 0.15) is 0 Å². The molecule has 0 bridgehead atoms. The molecule has 0 fully saturated rings. The molecule has 0 amide bonds. The summed E-state index contributed by atoms with van der Waals surface area (Å²) in [5.41, 5.74) is 2.92. The first-order chi connectivity index (χ1) is 8.33. The molecule has 1 heterocycles. The van der Waals surface area contributed by atoms with Gasteiger partial charge in [-0.05, 0) is 46.1 Å². The van der Waals surface area contributed by atoms with E-state index in [0.717, 1.165) is 13.0 Å². The SMILES string of the molecule is CCn1cc(C(CC2=CCCCC2)NC)cn1. The van der Waals surface area contributed by atoms with E-state index in [1.165, 1.54) is 31.2 Å². The number of hydrogen-bond acceptors (Lipinski definition) is 2. The maximum Gasteiger partial charge on any atom is 0.0537 e. The van der Waals surface area contributed by atoms with Gasteiger partial charge in [-0.1, -0.05) is 11.6 Å². The Kier molecular flexibility index (Phi) is 4.37. The van der Waals surface area contributed by atoms with Crippen molar-refractivity contribution < 1.29 is 0 Å². The van der Waals surface area contributed by atoms with E-state index < -0.39 is 0 Å². The molecule has 17 heavy (non-hydrogen) atoms. The van der Waals surface area contributed by atoms with Crippen molar-refractivity contribution in [2.75, 3.05) is 7.05 Å². The molecule has 1 N–H and O–H groups in total. The van der Waals surface area contributed by atoms with Crippen LogP contribution in [0.15, 0.2) is 24.0 Å². The van der Waals surface area contributed by atoms with Crippen LogP contribution in [0.1, 0.15) is 50.6 Å². The zero-order valence-electron chi connectivity index (χ0n) is 10.9. The van der Waals surface area contributed by atoms with Gasteiger partial charge in [0.15, 0.2) is 0 Å². The third kappa shape index (κ3) is 3.19. The van der Waals surface area contributed by atoms with Gasteiger partial charge in [0, 0.05) is 24.3 Å². The summed E-state index contributed by atoms with van der Waals surface area (Å²) >= 11 is 0.